The molecule has 0 bridgehead atoms. The molecule has 82 valence electrons. The molecule has 6 nitrogen and oxygen atoms in total. The van der Waals surface area contributed by atoms with Crippen LogP contribution in [0.25, 0.3) is 0 Å². The van der Waals surface area contributed by atoms with Crippen molar-refractivity contribution in [3.63, 3.8) is 0 Å². The molecule has 0 amide bonds. The van der Waals surface area contributed by atoms with Crippen LogP contribution in [-0.4, -0.2) is 62.3 Å². The van der Waals surface area contributed by atoms with Gasteiger partial charge in [-0.2, -0.15) is 0 Å². The van der Waals surface area contributed by atoms with Gasteiger partial charge in [0.05, 0.1) is 6.61 Å². The average Bonchev–Trinajstić information content (AvgIpc) is 2.23. The lowest BCUT2D eigenvalue weighted by molar-refractivity contribution is -0.142. The summed E-state index contributed by atoms with van der Waals surface area (Å²) < 4.78 is 0. The molecule has 0 fully saturated rings. The van der Waals surface area contributed by atoms with Gasteiger partial charge in [-0.05, 0) is 6.08 Å². The van der Waals surface area contributed by atoms with Crippen LogP contribution in [0.5, 0.6) is 0 Å². The molecule has 0 aliphatic rings. The number of aliphatic hydroxyl groups is 5. The van der Waals surface area contributed by atoms with Crippen LogP contribution in [-0.2, 0) is 4.79 Å². The molecule has 0 aromatic rings. The van der Waals surface area contributed by atoms with E-state index in [4.69, 9.17) is 25.5 Å². The highest BCUT2D eigenvalue weighted by Crippen LogP contribution is 2.06. The first kappa shape index (κ1) is 13.2. The summed E-state index contributed by atoms with van der Waals surface area (Å²) in [5, 5.41) is 44.6. The van der Waals surface area contributed by atoms with Crippen LogP contribution >= 0.6 is 0 Å². The van der Waals surface area contributed by atoms with Crippen molar-refractivity contribution in [1.29, 1.82) is 0 Å². The number of carbonyl (C=O) groups is 1. The van der Waals surface area contributed by atoms with Crippen molar-refractivity contribution >= 4 is 5.78 Å². The van der Waals surface area contributed by atoms with Crippen molar-refractivity contribution < 1.29 is 30.3 Å². The average molecular weight is 206 g/mol. The van der Waals surface area contributed by atoms with Gasteiger partial charge in [0.1, 0.15) is 24.4 Å². The van der Waals surface area contributed by atoms with Gasteiger partial charge < -0.3 is 25.5 Å². The van der Waals surface area contributed by atoms with Crippen molar-refractivity contribution in [2.45, 2.75) is 24.4 Å². The number of ketones is 1. The Morgan fingerprint density at radius 2 is 1.71 bits per heavy atom. The highest BCUT2D eigenvalue weighted by atomic mass is 16.4. The Hall–Kier alpha value is -0.790. The first-order valence-corrected chi connectivity index (χ1v) is 3.95. The maximum atomic E-state index is 10.8. The molecule has 14 heavy (non-hydrogen) atoms. The predicted octanol–water partition coefficient (Wildman–Crippen LogP) is -2.82. The van der Waals surface area contributed by atoms with Crippen LogP contribution in [0, 0.1) is 0 Å². The molecule has 0 unspecified atom stereocenters. The summed E-state index contributed by atoms with van der Waals surface area (Å²) in [6, 6.07) is 0. The zero-order valence-corrected chi connectivity index (χ0v) is 7.45. The van der Waals surface area contributed by atoms with Gasteiger partial charge in [-0.15, -0.1) is 0 Å². The molecule has 5 N–H and O–H groups in total. The van der Waals surface area contributed by atoms with E-state index < -0.39 is 36.8 Å². The lowest BCUT2D eigenvalue weighted by Gasteiger charge is -2.23. The maximum absolute atomic E-state index is 10.8. The van der Waals surface area contributed by atoms with E-state index in [0.29, 0.717) is 0 Å². The normalized spacial score (nSPS) is 19.5. The van der Waals surface area contributed by atoms with Crippen LogP contribution in [0.3, 0.4) is 0 Å². The zero-order chi connectivity index (χ0) is 11.3. The Labute approximate surface area is 80.7 Å². The molecule has 0 heterocycles. The van der Waals surface area contributed by atoms with Gasteiger partial charge in [-0.1, -0.05) is 6.58 Å². The maximum Gasteiger partial charge on any atom is 0.186 e. The van der Waals surface area contributed by atoms with E-state index in [1.807, 2.05) is 0 Å². The van der Waals surface area contributed by atoms with Crippen molar-refractivity contribution in [3.8, 4) is 0 Å². The Bertz CT molecular complexity index is 204. The summed E-state index contributed by atoms with van der Waals surface area (Å²) in [6.45, 7) is 2.29. The Kier molecular flexibility index (Phi) is 5.51. The van der Waals surface area contributed by atoms with Crippen molar-refractivity contribution in [3.05, 3.63) is 12.7 Å². The molecular weight excluding hydrogens is 192 g/mol. The molecule has 0 aliphatic heterocycles. The van der Waals surface area contributed by atoms with Gasteiger partial charge in [-0.25, -0.2) is 0 Å². The number of hydrogen-bond donors (Lipinski definition) is 5. The first-order valence-electron chi connectivity index (χ1n) is 3.95. The van der Waals surface area contributed by atoms with Gasteiger partial charge in [0, 0.05) is 0 Å². The second-order valence-electron chi connectivity index (χ2n) is 2.78. The monoisotopic (exact) mass is 206 g/mol. The molecule has 6 heteroatoms. The summed E-state index contributed by atoms with van der Waals surface area (Å²) in [4.78, 5) is 10.8. The largest absolute Gasteiger partial charge is 0.394 e. The molecule has 0 saturated heterocycles. The molecule has 0 aliphatic carbocycles. The van der Waals surface area contributed by atoms with E-state index in [2.05, 4.69) is 6.58 Å². The number of hydrogen-bond acceptors (Lipinski definition) is 6. The van der Waals surface area contributed by atoms with Crippen LogP contribution < -0.4 is 0 Å². The Balaban J connectivity index is 4.37. The lowest BCUT2D eigenvalue weighted by Crippen LogP contribution is -2.48. The third-order valence-electron chi connectivity index (χ3n) is 1.75. The summed E-state index contributed by atoms with van der Waals surface area (Å²) in [6.07, 6.45) is -6.34. The van der Waals surface area contributed by atoms with Crippen LogP contribution in [0.4, 0.5) is 0 Å². The minimum Gasteiger partial charge on any atom is -0.394 e. The van der Waals surface area contributed by atoms with E-state index in [-0.39, 0.29) is 0 Å². The van der Waals surface area contributed by atoms with Gasteiger partial charge in [0.15, 0.2) is 5.78 Å². The minimum absolute atomic E-state index is 0.784. The van der Waals surface area contributed by atoms with Crippen molar-refractivity contribution in [2.24, 2.45) is 0 Å². The third-order valence-corrected chi connectivity index (χ3v) is 1.75. The SMILES string of the molecule is C=CC(=O)[C@H](O)[C@@H](O)[C@@H](O)[C@H](O)CO. The van der Waals surface area contributed by atoms with Gasteiger partial charge >= 0.3 is 0 Å². The molecule has 0 spiro atoms. The smallest absolute Gasteiger partial charge is 0.186 e. The molecule has 0 aromatic carbocycles. The van der Waals surface area contributed by atoms with Crippen molar-refractivity contribution in [1.82, 2.24) is 0 Å². The second kappa shape index (κ2) is 5.84. The van der Waals surface area contributed by atoms with Crippen LogP contribution in [0.2, 0.25) is 0 Å². The van der Waals surface area contributed by atoms with Gasteiger partial charge in [-0.3, -0.25) is 4.79 Å². The summed E-state index contributed by atoms with van der Waals surface area (Å²) >= 11 is 0. The highest BCUT2D eigenvalue weighted by Gasteiger charge is 2.32. The molecule has 0 rings (SSSR count). The van der Waals surface area contributed by atoms with E-state index >= 15 is 0 Å². The highest BCUT2D eigenvalue weighted by molar-refractivity contribution is 5.93. The number of aliphatic hydroxyl groups excluding tert-OH is 5. The second-order valence-corrected chi connectivity index (χ2v) is 2.78. The van der Waals surface area contributed by atoms with Crippen LogP contribution in [0.15, 0.2) is 12.7 Å². The molecule has 0 radical (unpaired) electrons. The molecule has 0 aromatic heterocycles. The zero-order valence-electron chi connectivity index (χ0n) is 7.45. The van der Waals surface area contributed by atoms with E-state index in [9.17, 15) is 4.79 Å². The molecular formula is C8H14O6. The Morgan fingerprint density at radius 1 is 1.21 bits per heavy atom. The summed E-state index contributed by atoms with van der Waals surface area (Å²) in [7, 11) is 0. The van der Waals surface area contributed by atoms with E-state index in [1.54, 1.807) is 0 Å². The predicted molar refractivity (Wildman–Crippen MR) is 46.3 cm³/mol. The first-order chi connectivity index (χ1) is 6.45. The fourth-order valence-electron chi connectivity index (χ4n) is 0.811. The van der Waals surface area contributed by atoms with E-state index in [1.165, 1.54) is 0 Å². The van der Waals surface area contributed by atoms with Gasteiger partial charge in [0.25, 0.3) is 0 Å². The minimum atomic E-state index is -1.86. The fourth-order valence-corrected chi connectivity index (χ4v) is 0.811. The number of carbonyl (C=O) groups excluding carboxylic acids is 1. The molecule has 4 atom stereocenters. The third kappa shape index (κ3) is 3.17. The van der Waals surface area contributed by atoms with Crippen molar-refractivity contribution in [2.75, 3.05) is 6.61 Å². The van der Waals surface area contributed by atoms with E-state index in [0.717, 1.165) is 6.08 Å². The topological polar surface area (TPSA) is 118 Å². The Morgan fingerprint density at radius 3 is 2.07 bits per heavy atom. The lowest BCUT2D eigenvalue weighted by atomic mass is 10.0. The molecule has 0 saturated carbocycles. The summed E-state index contributed by atoms with van der Waals surface area (Å²) in [5.74, 6) is -0.873. The number of rotatable bonds is 6. The quantitative estimate of drug-likeness (QED) is 0.299. The fraction of sp³-hybridized carbons (Fsp3) is 0.625. The van der Waals surface area contributed by atoms with Gasteiger partial charge in [0.2, 0.25) is 0 Å². The summed E-state index contributed by atoms with van der Waals surface area (Å²) in [5.41, 5.74) is 0. The standard InChI is InChI=1S/C8H14O6/c1-2-4(10)6(12)8(14)7(13)5(11)3-9/h2,5-9,11-14H,1,3H2/t5-,6+,7+,8-/m1/s1. The van der Waals surface area contributed by atoms with Crippen LogP contribution in [0.1, 0.15) is 0 Å².